The molecule has 0 spiro atoms. The quantitative estimate of drug-likeness (QED) is 0.835. The van der Waals surface area contributed by atoms with Crippen molar-refractivity contribution in [3.05, 3.63) is 28.8 Å². The lowest BCUT2D eigenvalue weighted by molar-refractivity contribution is 0.392. The van der Waals surface area contributed by atoms with Crippen LogP contribution in [0.3, 0.4) is 0 Å². The Kier molecular flexibility index (Phi) is 5.42. The van der Waals surface area contributed by atoms with E-state index in [4.69, 9.17) is 4.74 Å². The van der Waals surface area contributed by atoms with Crippen LogP contribution < -0.4 is 10.1 Å². The summed E-state index contributed by atoms with van der Waals surface area (Å²) in [6, 6.07) is 4.50. The fourth-order valence-corrected chi connectivity index (χ4v) is 2.21. The van der Waals surface area contributed by atoms with E-state index in [2.05, 4.69) is 52.1 Å². The van der Waals surface area contributed by atoms with Crippen LogP contribution in [0.5, 0.6) is 5.75 Å². The van der Waals surface area contributed by atoms with E-state index in [1.54, 1.807) is 7.11 Å². The normalized spacial score (nSPS) is 12.0. The first-order chi connectivity index (χ1) is 8.80. The van der Waals surface area contributed by atoms with E-state index in [1.165, 1.54) is 16.7 Å². The van der Waals surface area contributed by atoms with Crippen LogP contribution in [-0.4, -0.2) is 19.7 Å². The summed E-state index contributed by atoms with van der Waals surface area (Å²) in [5.74, 6) is 1.51. The predicted molar refractivity (Wildman–Crippen MR) is 83.3 cm³/mol. The van der Waals surface area contributed by atoms with E-state index in [-0.39, 0.29) is 5.54 Å². The van der Waals surface area contributed by atoms with Gasteiger partial charge in [0, 0.05) is 5.54 Å². The summed E-state index contributed by atoms with van der Waals surface area (Å²) in [5.41, 5.74) is 4.26. The third-order valence-corrected chi connectivity index (χ3v) is 4.01. The first kappa shape index (κ1) is 16.0. The van der Waals surface area contributed by atoms with Gasteiger partial charge in [0.25, 0.3) is 0 Å². The SMILES string of the molecule is CNC(C)(C)CCc1cc(C(C)C)c(OC)cc1C. The molecule has 2 heteroatoms. The van der Waals surface area contributed by atoms with Gasteiger partial charge in [-0.3, -0.25) is 0 Å². The summed E-state index contributed by atoms with van der Waals surface area (Å²) in [7, 11) is 3.78. The van der Waals surface area contributed by atoms with E-state index in [9.17, 15) is 0 Å². The summed E-state index contributed by atoms with van der Waals surface area (Å²) in [4.78, 5) is 0. The van der Waals surface area contributed by atoms with Crippen molar-refractivity contribution >= 4 is 0 Å². The van der Waals surface area contributed by atoms with Gasteiger partial charge >= 0.3 is 0 Å². The van der Waals surface area contributed by atoms with Crippen LogP contribution >= 0.6 is 0 Å². The zero-order valence-corrected chi connectivity index (χ0v) is 13.6. The maximum absolute atomic E-state index is 5.50. The molecule has 0 saturated heterocycles. The highest BCUT2D eigenvalue weighted by Gasteiger charge is 2.16. The molecule has 0 aliphatic carbocycles. The number of ether oxygens (including phenoxy) is 1. The van der Waals surface area contributed by atoms with Crippen molar-refractivity contribution in [2.75, 3.05) is 14.2 Å². The summed E-state index contributed by atoms with van der Waals surface area (Å²) in [5, 5.41) is 3.37. The van der Waals surface area contributed by atoms with Crippen molar-refractivity contribution in [2.24, 2.45) is 0 Å². The molecule has 1 aromatic rings. The number of benzene rings is 1. The lowest BCUT2D eigenvalue weighted by Gasteiger charge is -2.25. The number of hydrogen-bond donors (Lipinski definition) is 1. The van der Waals surface area contributed by atoms with Gasteiger partial charge in [0.15, 0.2) is 0 Å². The van der Waals surface area contributed by atoms with Crippen molar-refractivity contribution in [1.82, 2.24) is 5.32 Å². The lowest BCUT2D eigenvalue weighted by Crippen LogP contribution is -2.36. The molecule has 0 amide bonds. The largest absolute Gasteiger partial charge is 0.496 e. The summed E-state index contributed by atoms with van der Waals surface area (Å²) < 4.78 is 5.50. The molecule has 1 N–H and O–H groups in total. The Bertz CT molecular complexity index is 422. The molecule has 0 unspecified atom stereocenters. The molecule has 0 aliphatic heterocycles. The van der Waals surface area contributed by atoms with E-state index in [0.717, 1.165) is 18.6 Å². The maximum Gasteiger partial charge on any atom is 0.122 e. The van der Waals surface area contributed by atoms with Gasteiger partial charge in [0.1, 0.15) is 5.75 Å². The Morgan fingerprint density at radius 2 is 1.89 bits per heavy atom. The number of rotatable bonds is 6. The highest BCUT2D eigenvalue weighted by molar-refractivity contribution is 5.44. The van der Waals surface area contributed by atoms with Gasteiger partial charge in [-0.1, -0.05) is 19.9 Å². The van der Waals surface area contributed by atoms with Gasteiger partial charge in [0.05, 0.1) is 7.11 Å². The highest BCUT2D eigenvalue weighted by Crippen LogP contribution is 2.30. The van der Waals surface area contributed by atoms with Crippen LogP contribution in [0, 0.1) is 6.92 Å². The molecular weight excluding hydrogens is 234 g/mol. The van der Waals surface area contributed by atoms with Gasteiger partial charge in [-0.15, -0.1) is 0 Å². The minimum Gasteiger partial charge on any atom is -0.496 e. The second-order valence-corrected chi connectivity index (χ2v) is 6.31. The van der Waals surface area contributed by atoms with Crippen LogP contribution in [0.2, 0.25) is 0 Å². The van der Waals surface area contributed by atoms with Crippen molar-refractivity contribution in [3.8, 4) is 5.75 Å². The molecule has 0 atom stereocenters. The average Bonchev–Trinajstić information content (AvgIpc) is 2.36. The summed E-state index contributed by atoms with van der Waals surface area (Å²) in [6.07, 6.45) is 2.23. The zero-order chi connectivity index (χ0) is 14.6. The van der Waals surface area contributed by atoms with Crippen LogP contribution in [0.1, 0.15) is 56.7 Å². The minimum atomic E-state index is 0.185. The van der Waals surface area contributed by atoms with Crippen LogP contribution in [-0.2, 0) is 6.42 Å². The summed E-state index contributed by atoms with van der Waals surface area (Å²) >= 11 is 0. The van der Waals surface area contributed by atoms with Crippen molar-refractivity contribution in [3.63, 3.8) is 0 Å². The van der Waals surface area contributed by atoms with Gasteiger partial charge in [-0.2, -0.15) is 0 Å². The van der Waals surface area contributed by atoms with E-state index >= 15 is 0 Å². The van der Waals surface area contributed by atoms with Gasteiger partial charge in [0.2, 0.25) is 0 Å². The second-order valence-electron chi connectivity index (χ2n) is 6.31. The Balaban J connectivity index is 2.99. The molecule has 108 valence electrons. The van der Waals surface area contributed by atoms with Crippen molar-refractivity contribution in [2.45, 2.75) is 58.9 Å². The molecule has 1 aromatic carbocycles. The molecule has 0 aromatic heterocycles. The maximum atomic E-state index is 5.50. The van der Waals surface area contributed by atoms with E-state index < -0.39 is 0 Å². The molecule has 0 radical (unpaired) electrons. The summed E-state index contributed by atoms with van der Waals surface area (Å²) in [6.45, 7) is 11.1. The fourth-order valence-electron chi connectivity index (χ4n) is 2.21. The number of hydrogen-bond acceptors (Lipinski definition) is 2. The standard InChI is InChI=1S/C17H29NO/c1-12(2)15-11-14(8-9-17(4,5)18-6)13(3)10-16(15)19-7/h10-12,18H,8-9H2,1-7H3. The van der Waals surface area contributed by atoms with Crippen molar-refractivity contribution < 1.29 is 4.74 Å². The molecule has 2 nitrogen and oxygen atoms in total. The smallest absolute Gasteiger partial charge is 0.122 e. The molecule has 19 heavy (non-hydrogen) atoms. The lowest BCUT2D eigenvalue weighted by atomic mass is 9.90. The predicted octanol–water partition coefficient (Wildman–Crippen LogP) is 4.06. The molecule has 0 fully saturated rings. The molecule has 0 saturated carbocycles. The first-order valence-corrected chi connectivity index (χ1v) is 7.17. The minimum absolute atomic E-state index is 0.185. The molecule has 0 bridgehead atoms. The van der Waals surface area contributed by atoms with E-state index in [1.807, 2.05) is 7.05 Å². The Morgan fingerprint density at radius 1 is 1.26 bits per heavy atom. The van der Waals surface area contributed by atoms with Crippen LogP contribution in [0.25, 0.3) is 0 Å². The fraction of sp³-hybridized carbons (Fsp3) is 0.647. The van der Waals surface area contributed by atoms with E-state index in [0.29, 0.717) is 5.92 Å². The number of methoxy groups -OCH3 is 1. The molecule has 1 rings (SSSR count). The zero-order valence-electron chi connectivity index (χ0n) is 13.6. The Labute approximate surface area is 118 Å². The Hall–Kier alpha value is -1.02. The molecular formula is C17H29NO. The highest BCUT2D eigenvalue weighted by atomic mass is 16.5. The Morgan fingerprint density at radius 3 is 2.37 bits per heavy atom. The molecule has 0 aliphatic rings. The molecule has 0 heterocycles. The monoisotopic (exact) mass is 263 g/mol. The number of aryl methyl sites for hydroxylation is 2. The van der Waals surface area contributed by atoms with Gasteiger partial charge in [-0.05, 0) is 69.3 Å². The second kappa shape index (κ2) is 6.42. The van der Waals surface area contributed by atoms with Gasteiger partial charge < -0.3 is 10.1 Å². The average molecular weight is 263 g/mol. The van der Waals surface area contributed by atoms with Crippen LogP contribution in [0.15, 0.2) is 12.1 Å². The number of nitrogens with one attached hydrogen (secondary N) is 1. The third kappa shape index (κ3) is 4.24. The third-order valence-electron chi connectivity index (χ3n) is 4.01. The first-order valence-electron chi connectivity index (χ1n) is 7.17. The van der Waals surface area contributed by atoms with Crippen molar-refractivity contribution in [1.29, 1.82) is 0 Å². The van der Waals surface area contributed by atoms with Gasteiger partial charge in [-0.25, -0.2) is 0 Å². The van der Waals surface area contributed by atoms with Crippen LogP contribution in [0.4, 0.5) is 0 Å². The topological polar surface area (TPSA) is 21.3 Å².